The Morgan fingerprint density at radius 2 is 2.16 bits per heavy atom. The molecule has 1 aromatic carbocycles. The lowest BCUT2D eigenvalue weighted by atomic mass is 10.1. The van der Waals surface area contributed by atoms with Gasteiger partial charge in [-0.2, -0.15) is 0 Å². The molecule has 2 N–H and O–H groups in total. The van der Waals surface area contributed by atoms with Gasteiger partial charge in [0, 0.05) is 19.2 Å². The summed E-state index contributed by atoms with van der Waals surface area (Å²) in [5.41, 5.74) is 5.82. The highest BCUT2D eigenvalue weighted by atomic mass is 19.1. The fourth-order valence-electron chi connectivity index (χ4n) is 1.75. The van der Waals surface area contributed by atoms with Gasteiger partial charge in [-0.1, -0.05) is 25.7 Å². The predicted molar refractivity (Wildman–Crippen MR) is 74.1 cm³/mol. The molecule has 0 atom stereocenters. The summed E-state index contributed by atoms with van der Waals surface area (Å²) in [4.78, 5) is 13.6. The normalized spacial score (nSPS) is 10.0. The maximum Gasteiger partial charge on any atom is 0.253 e. The van der Waals surface area contributed by atoms with E-state index in [2.05, 4.69) is 11.8 Å². The zero-order valence-electron chi connectivity index (χ0n) is 11.5. The van der Waals surface area contributed by atoms with Gasteiger partial charge in [0.15, 0.2) is 0 Å². The van der Waals surface area contributed by atoms with Crippen LogP contribution in [0.4, 0.5) is 4.39 Å². The largest absolute Gasteiger partial charge is 0.341 e. The number of hydrogen-bond acceptors (Lipinski definition) is 2. The Hall–Kier alpha value is -1.86. The summed E-state index contributed by atoms with van der Waals surface area (Å²) in [5, 5.41) is 0. The first-order valence-corrected chi connectivity index (χ1v) is 6.19. The number of nitrogens with zero attached hydrogens (tertiary/aromatic N) is 1. The molecule has 0 aliphatic rings. The number of nitrogens with two attached hydrogens (primary N) is 1. The molecule has 0 heterocycles. The third kappa shape index (κ3) is 4.38. The second-order valence-electron chi connectivity index (χ2n) is 4.78. The van der Waals surface area contributed by atoms with Gasteiger partial charge in [0.2, 0.25) is 0 Å². The minimum atomic E-state index is -0.496. The summed E-state index contributed by atoms with van der Waals surface area (Å²) in [6.45, 7) is 4.86. The molecule has 0 aliphatic heterocycles. The average Bonchev–Trinajstić information content (AvgIpc) is 2.35. The minimum Gasteiger partial charge on any atom is -0.341 e. The monoisotopic (exact) mass is 262 g/mol. The maximum atomic E-state index is 13.7. The van der Waals surface area contributed by atoms with Crippen molar-refractivity contribution in [3.8, 4) is 11.8 Å². The van der Waals surface area contributed by atoms with Crippen LogP contribution >= 0.6 is 0 Å². The van der Waals surface area contributed by atoms with Crippen molar-refractivity contribution in [2.45, 2.75) is 13.8 Å². The van der Waals surface area contributed by atoms with Gasteiger partial charge in [-0.05, 0) is 24.1 Å². The van der Waals surface area contributed by atoms with Crippen LogP contribution in [0.15, 0.2) is 18.2 Å². The van der Waals surface area contributed by atoms with E-state index in [1.807, 2.05) is 13.8 Å². The van der Waals surface area contributed by atoms with Crippen molar-refractivity contribution in [2.75, 3.05) is 20.1 Å². The SMILES string of the molecule is CC(C)CN(C)C(=O)c1ccc(C#CCN)c(F)c1. The lowest BCUT2D eigenvalue weighted by Crippen LogP contribution is -2.30. The lowest BCUT2D eigenvalue weighted by Gasteiger charge is -2.19. The molecule has 19 heavy (non-hydrogen) atoms. The molecule has 0 fully saturated rings. The Kier molecular flexibility index (Phi) is 5.53. The number of carbonyl (C=O) groups excluding carboxylic acids is 1. The van der Waals surface area contributed by atoms with Crippen LogP contribution in [0.2, 0.25) is 0 Å². The molecular formula is C15H19FN2O. The lowest BCUT2D eigenvalue weighted by molar-refractivity contribution is 0.0778. The molecule has 0 saturated heterocycles. The van der Waals surface area contributed by atoms with Gasteiger partial charge >= 0.3 is 0 Å². The van der Waals surface area contributed by atoms with Crippen LogP contribution in [0.3, 0.4) is 0 Å². The first kappa shape index (κ1) is 15.2. The first-order valence-electron chi connectivity index (χ1n) is 6.19. The second kappa shape index (κ2) is 6.91. The maximum absolute atomic E-state index is 13.7. The topological polar surface area (TPSA) is 46.3 Å². The molecule has 102 valence electrons. The molecule has 0 spiro atoms. The quantitative estimate of drug-likeness (QED) is 0.845. The summed E-state index contributed by atoms with van der Waals surface area (Å²) in [5.74, 6) is 4.90. The van der Waals surface area contributed by atoms with Crippen LogP contribution in [-0.4, -0.2) is 30.9 Å². The van der Waals surface area contributed by atoms with E-state index in [4.69, 9.17) is 5.73 Å². The zero-order valence-corrected chi connectivity index (χ0v) is 11.5. The Balaban J connectivity index is 2.91. The zero-order chi connectivity index (χ0) is 14.4. The van der Waals surface area contributed by atoms with Crippen molar-refractivity contribution in [2.24, 2.45) is 11.7 Å². The molecule has 1 amide bonds. The summed E-state index contributed by atoms with van der Waals surface area (Å²) < 4.78 is 13.7. The highest BCUT2D eigenvalue weighted by Crippen LogP contribution is 2.12. The minimum absolute atomic E-state index is 0.178. The van der Waals surface area contributed by atoms with Crippen molar-refractivity contribution >= 4 is 5.91 Å². The van der Waals surface area contributed by atoms with E-state index in [1.165, 1.54) is 12.1 Å². The summed E-state index contributed by atoms with van der Waals surface area (Å²) in [6.07, 6.45) is 0. The van der Waals surface area contributed by atoms with Crippen LogP contribution in [0.25, 0.3) is 0 Å². The summed E-state index contributed by atoms with van der Waals surface area (Å²) in [6, 6.07) is 4.32. The first-order chi connectivity index (χ1) is 8.95. The molecule has 0 aromatic heterocycles. The van der Waals surface area contributed by atoms with Crippen molar-refractivity contribution in [1.82, 2.24) is 4.90 Å². The van der Waals surface area contributed by atoms with Crippen molar-refractivity contribution < 1.29 is 9.18 Å². The number of amides is 1. The Labute approximate surface area is 113 Å². The summed E-state index contributed by atoms with van der Waals surface area (Å²) in [7, 11) is 1.71. The van der Waals surface area contributed by atoms with Gasteiger partial charge in [0.25, 0.3) is 5.91 Å². The standard InChI is InChI=1S/C15H19FN2O/c1-11(2)10-18(3)15(19)13-7-6-12(5-4-8-17)14(16)9-13/h6-7,9,11H,8,10,17H2,1-3H3. The average molecular weight is 262 g/mol. The van der Waals surface area contributed by atoms with Crippen molar-refractivity contribution in [3.63, 3.8) is 0 Å². The molecule has 0 bridgehead atoms. The Bertz CT molecular complexity index is 515. The smallest absolute Gasteiger partial charge is 0.253 e. The molecule has 3 nitrogen and oxygen atoms in total. The van der Waals surface area contributed by atoms with E-state index in [9.17, 15) is 9.18 Å². The van der Waals surface area contributed by atoms with Gasteiger partial charge in [-0.3, -0.25) is 4.79 Å². The van der Waals surface area contributed by atoms with E-state index in [1.54, 1.807) is 18.0 Å². The number of carbonyl (C=O) groups is 1. The van der Waals surface area contributed by atoms with Crippen LogP contribution in [0, 0.1) is 23.6 Å². The molecular weight excluding hydrogens is 243 g/mol. The molecule has 1 aromatic rings. The molecule has 1 rings (SSSR count). The Morgan fingerprint density at radius 3 is 2.68 bits per heavy atom. The van der Waals surface area contributed by atoms with E-state index in [-0.39, 0.29) is 18.0 Å². The number of benzene rings is 1. The third-order valence-corrected chi connectivity index (χ3v) is 2.53. The number of hydrogen-bond donors (Lipinski definition) is 1. The highest BCUT2D eigenvalue weighted by Gasteiger charge is 2.14. The number of halogens is 1. The molecule has 4 heteroatoms. The van der Waals surface area contributed by atoms with Crippen molar-refractivity contribution in [1.29, 1.82) is 0 Å². The molecule has 0 radical (unpaired) electrons. The molecule has 0 saturated carbocycles. The van der Waals surface area contributed by atoms with E-state index in [0.29, 0.717) is 18.0 Å². The second-order valence-corrected chi connectivity index (χ2v) is 4.78. The van der Waals surface area contributed by atoms with Crippen LogP contribution in [0.1, 0.15) is 29.8 Å². The van der Waals surface area contributed by atoms with E-state index >= 15 is 0 Å². The van der Waals surface area contributed by atoms with Gasteiger partial charge < -0.3 is 10.6 Å². The highest BCUT2D eigenvalue weighted by molar-refractivity contribution is 5.94. The van der Waals surface area contributed by atoms with Gasteiger partial charge in [-0.15, -0.1) is 0 Å². The van der Waals surface area contributed by atoms with Crippen LogP contribution in [0.5, 0.6) is 0 Å². The van der Waals surface area contributed by atoms with Crippen molar-refractivity contribution in [3.05, 3.63) is 35.1 Å². The number of rotatable bonds is 3. The molecule has 0 aliphatic carbocycles. The Morgan fingerprint density at radius 1 is 1.47 bits per heavy atom. The van der Waals surface area contributed by atoms with Gasteiger partial charge in [0.1, 0.15) is 5.82 Å². The van der Waals surface area contributed by atoms with Crippen LogP contribution in [-0.2, 0) is 0 Å². The van der Waals surface area contributed by atoms with Crippen LogP contribution < -0.4 is 5.73 Å². The third-order valence-electron chi connectivity index (χ3n) is 2.53. The summed E-state index contributed by atoms with van der Waals surface area (Å²) >= 11 is 0. The van der Waals surface area contributed by atoms with Gasteiger partial charge in [-0.25, -0.2) is 4.39 Å². The van der Waals surface area contributed by atoms with E-state index < -0.39 is 5.82 Å². The fraction of sp³-hybridized carbons (Fsp3) is 0.400. The van der Waals surface area contributed by atoms with E-state index in [0.717, 1.165) is 0 Å². The fourth-order valence-corrected chi connectivity index (χ4v) is 1.75. The predicted octanol–water partition coefficient (Wildman–Crippen LogP) is 1.86. The van der Waals surface area contributed by atoms with Gasteiger partial charge in [0.05, 0.1) is 12.1 Å². The molecule has 0 unspecified atom stereocenters.